The van der Waals surface area contributed by atoms with E-state index >= 15 is 0 Å². The summed E-state index contributed by atoms with van der Waals surface area (Å²) < 4.78 is 10.9. The first-order valence-electron chi connectivity index (χ1n) is 9.01. The highest BCUT2D eigenvalue weighted by Gasteiger charge is 2.46. The van der Waals surface area contributed by atoms with E-state index in [0.29, 0.717) is 17.6 Å². The zero-order valence-electron chi connectivity index (χ0n) is 15.0. The van der Waals surface area contributed by atoms with Crippen LogP contribution in [-0.4, -0.2) is 20.0 Å². The van der Waals surface area contributed by atoms with E-state index in [1.165, 1.54) is 12.0 Å². The molecular weight excluding hydrogens is 312 g/mol. The van der Waals surface area contributed by atoms with Gasteiger partial charge in [-0.05, 0) is 60.4 Å². The van der Waals surface area contributed by atoms with Gasteiger partial charge in [0, 0.05) is 0 Å². The van der Waals surface area contributed by atoms with E-state index in [1.807, 2.05) is 25.1 Å². The molecule has 1 fully saturated rings. The number of ketones is 1. The van der Waals surface area contributed by atoms with E-state index < -0.39 is 0 Å². The molecule has 2 aromatic carbocycles. The van der Waals surface area contributed by atoms with E-state index in [9.17, 15) is 4.79 Å². The monoisotopic (exact) mass is 336 g/mol. The number of methoxy groups -OCH3 is 2. The molecule has 0 aliphatic heterocycles. The molecule has 1 saturated carbocycles. The van der Waals surface area contributed by atoms with Gasteiger partial charge >= 0.3 is 0 Å². The van der Waals surface area contributed by atoms with Crippen molar-refractivity contribution >= 4 is 5.78 Å². The van der Waals surface area contributed by atoms with Gasteiger partial charge in [0.15, 0.2) is 5.78 Å². The number of hydrogen-bond donors (Lipinski definition) is 0. The fourth-order valence-corrected chi connectivity index (χ4v) is 4.91. The fraction of sp³-hybridized carbons (Fsp3) is 0.409. The van der Waals surface area contributed by atoms with Crippen LogP contribution in [0.4, 0.5) is 0 Å². The van der Waals surface area contributed by atoms with Gasteiger partial charge in [0.05, 0.1) is 25.7 Å². The van der Waals surface area contributed by atoms with E-state index in [-0.39, 0.29) is 11.7 Å². The topological polar surface area (TPSA) is 35.5 Å². The second kappa shape index (κ2) is 6.21. The summed E-state index contributed by atoms with van der Waals surface area (Å²) in [6.45, 7) is 2.04. The molecule has 0 amide bonds. The molecule has 130 valence electrons. The summed E-state index contributed by atoms with van der Waals surface area (Å²) in [7, 11) is 3.33. The third kappa shape index (κ3) is 2.45. The van der Waals surface area contributed by atoms with Crippen molar-refractivity contribution < 1.29 is 14.3 Å². The number of ether oxygens (including phenoxy) is 2. The molecule has 0 radical (unpaired) electrons. The van der Waals surface area contributed by atoms with Crippen molar-refractivity contribution in [3.8, 4) is 11.5 Å². The minimum Gasteiger partial charge on any atom is -0.496 e. The number of hydrogen-bond acceptors (Lipinski definition) is 3. The number of carbonyl (C=O) groups excluding carboxylic acids is 1. The Kier molecular flexibility index (Phi) is 4.03. The van der Waals surface area contributed by atoms with Crippen LogP contribution in [-0.2, 0) is 0 Å². The standard InChI is InChI=1S/C22H24O3/c1-13-12-14(10-11-18(13)24-2)20-16-7-4-6-15(16)17-8-5-9-19(25-3)21(17)22(20)23/h5,8-12,15-16,20H,4,6-7H2,1-3H3/t15-,16+,20?/m1/s1. The smallest absolute Gasteiger partial charge is 0.174 e. The zero-order chi connectivity index (χ0) is 17.6. The molecule has 4 rings (SSSR count). The summed E-state index contributed by atoms with van der Waals surface area (Å²) in [6.07, 6.45) is 3.46. The van der Waals surface area contributed by atoms with Gasteiger partial charge in [-0.2, -0.15) is 0 Å². The van der Waals surface area contributed by atoms with Crippen molar-refractivity contribution in [2.75, 3.05) is 14.2 Å². The van der Waals surface area contributed by atoms with Crippen molar-refractivity contribution in [1.29, 1.82) is 0 Å². The van der Waals surface area contributed by atoms with E-state index in [0.717, 1.165) is 35.3 Å². The van der Waals surface area contributed by atoms with E-state index in [1.54, 1.807) is 14.2 Å². The highest BCUT2D eigenvalue weighted by atomic mass is 16.5. The maximum absolute atomic E-state index is 13.5. The average molecular weight is 336 g/mol. The largest absolute Gasteiger partial charge is 0.496 e. The number of Topliss-reactive ketones (excluding diaryl/α,β-unsaturated/α-hetero) is 1. The number of rotatable bonds is 3. The third-order valence-electron chi connectivity index (χ3n) is 5.98. The first-order valence-corrected chi connectivity index (χ1v) is 9.01. The molecule has 3 atom stereocenters. The molecule has 0 saturated heterocycles. The number of carbonyl (C=O) groups is 1. The van der Waals surface area contributed by atoms with Crippen LogP contribution < -0.4 is 9.47 Å². The minimum absolute atomic E-state index is 0.0825. The average Bonchev–Trinajstić information content (AvgIpc) is 3.11. The van der Waals surface area contributed by atoms with Gasteiger partial charge in [-0.15, -0.1) is 0 Å². The lowest BCUT2D eigenvalue weighted by Crippen LogP contribution is -2.31. The summed E-state index contributed by atoms with van der Waals surface area (Å²) in [5.74, 6) is 2.55. The summed E-state index contributed by atoms with van der Waals surface area (Å²) >= 11 is 0. The van der Waals surface area contributed by atoms with Crippen LogP contribution in [0.3, 0.4) is 0 Å². The van der Waals surface area contributed by atoms with Gasteiger partial charge in [0.2, 0.25) is 0 Å². The van der Waals surface area contributed by atoms with Crippen molar-refractivity contribution in [3.05, 3.63) is 58.7 Å². The highest BCUT2D eigenvalue weighted by Crippen LogP contribution is 2.54. The third-order valence-corrected chi connectivity index (χ3v) is 5.98. The van der Waals surface area contributed by atoms with Gasteiger partial charge in [0.25, 0.3) is 0 Å². The molecule has 2 aliphatic carbocycles. The Bertz CT molecular complexity index is 824. The number of fused-ring (bicyclic) bond motifs is 3. The Morgan fingerprint density at radius 2 is 1.80 bits per heavy atom. The summed E-state index contributed by atoms with van der Waals surface area (Å²) in [5.41, 5.74) is 4.17. The summed E-state index contributed by atoms with van der Waals surface area (Å²) in [5, 5.41) is 0. The molecule has 2 aliphatic rings. The van der Waals surface area contributed by atoms with Gasteiger partial charge in [-0.3, -0.25) is 4.79 Å². The Morgan fingerprint density at radius 1 is 1.00 bits per heavy atom. The molecule has 1 unspecified atom stereocenters. The minimum atomic E-state index is -0.0825. The highest BCUT2D eigenvalue weighted by molar-refractivity contribution is 6.06. The van der Waals surface area contributed by atoms with Crippen LogP contribution in [0.5, 0.6) is 11.5 Å². The van der Waals surface area contributed by atoms with Gasteiger partial charge < -0.3 is 9.47 Å². The number of benzene rings is 2. The Hall–Kier alpha value is -2.29. The lowest BCUT2D eigenvalue weighted by molar-refractivity contribution is 0.0903. The van der Waals surface area contributed by atoms with Gasteiger partial charge in [0.1, 0.15) is 11.5 Å². The van der Waals surface area contributed by atoms with Crippen LogP contribution in [0, 0.1) is 12.8 Å². The van der Waals surface area contributed by atoms with Crippen molar-refractivity contribution in [1.82, 2.24) is 0 Å². The van der Waals surface area contributed by atoms with E-state index in [2.05, 4.69) is 18.2 Å². The molecule has 0 bridgehead atoms. The molecule has 0 aromatic heterocycles. The first kappa shape index (κ1) is 16.2. The van der Waals surface area contributed by atoms with Crippen LogP contribution in [0.2, 0.25) is 0 Å². The van der Waals surface area contributed by atoms with Crippen molar-refractivity contribution in [2.24, 2.45) is 5.92 Å². The molecule has 3 heteroatoms. The molecule has 3 nitrogen and oxygen atoms in total. The summed E-state index contributed by atoms with van der Waals surface area (Å²) in [4.78, 5) is 13.5. The molecule has 25 heavy (non-hydrogen) atoms. The molecule has 2 aromatic rings. The fourth-order valence-electron chi connectivity index (χ4n) is 4.91. The maximum atomic E-state index is 13.5. The lowest BCUT2D eigenvalue weighted by Gasteiger charge is -2.35. The van der Waals surface area contributed by atoms with Gasteiger partial charge in [-0.1, -0.05) is 30.7 Å². The first-order chi connectivity index (χ1) is 12.2. The van der Waals surface area contributed by atoms with Crippen LogP contribution in [0.15, 0.2) is 36.4 Å². The molecule has 0 spiro atoms. The van der Waals surface area contributed by atoms with Crippen LogP contribution in [0.25, 0.3) is 0 Å². The lowest BCUT2D eigenvalue weighted by atomic mass is 9.67. The Morgan fingerprint density at radius 3 is 2.52 bits per heavy atom. The Balaban J connectivity index is 1.86. The van der Waals surface area contributed by atoms with Gasteiger partial charge in [-0.25, -0.2) is 0 Å². The van der Waals surface area contributed by atoms with E-state index in [4.69, 9.17) is 9.47 Å². The number of aryl methyl sites for hydroxylation is 1. The quantitative estimate of drug-likeness (QED) is 0.801. The summed E-state index contributed by atoms with van der Waals surface area (Å²) in [6, 6.07) is 12.2. The van der Waals surface area contributed by atoms with Crippen molar-refractivity contribution in [3.63, 3.8) is 0 Å². The Labute approximate surface area is 149 Å². The second-order valence-electron chi connectivity index (χ2n) is 7.20. The SMILES string of the molecule is COc1ccc(C2C(=O)c3c(OC)cccc3[C@@H]3CCC[C@H]23)cc1C. The van der Waals surface area contributed by atoms with Crippen molar-refractivity contribution in [2.45, 2.75) is 38.0 Å². The molecule has 0 N–H and O–H groups in total. The maximum Gasteiger partial charge on any atom is 0.174 e. The molecule has 0 heterocycles. The normalized spacial score (nSPS) is 24.6. The molecular formula is C22H24O3. The van der Waals surface area contributed by atoms with Crippen LogP contribution >= 0.6 is 0 Å². The van der Waals surface area contributed by atoms with Crippen LogP contribution in [0.1, 0.15) is 58.1 Å². The predicted molar refractivity (Wildman–Crippen MR) is 97.9 cm³/mol. The zero-order valence-corrected chi connectivity index (χ0v) is 15.0. The second-order valence-corrected chi connectivity index (χ2v) is 7.20. The predicted octanol–water partition coefficient (Wildman–Crippen LogP) is 4.88.